The van der Waals surface area contributed by atoms with E-state index < -0.39 is 0 Å². The summed E-state index contributed by atoms with van der Waals surface area (Å²) in [6, 6.07) is 15.1. The number of para-hydroxylation sites is 1. The quantitative estimate of drug-likeness (QED) is 0.509. The molecule has 0 atom stereocenters. The minimum Gasteiger partial charge on any atom is -0.491 e. The Labute approximate surface area is 168 Å². The standard InChI is InChI=1S/C23H20N2O4/c1-2-28-21(26)11-13-29-20-10-9-15(16-7-5-12-24-22(16)20)14-18-17-6-3-4-8-19(17)25-23(18)27/h3-10,12,14H,2,11,13H2,1H3,(H,25,27). The molecular weight excluding hydrogens is 368 g/mol. The normalized spacial score (nSPS) is 14.0. The van der Waals surface area contributed by atoms with Crippen LogP contribution in [-0.4, -0.2) is 30.1 Å². The number of rotatable bonds is 6. The van der Waals surface area contributed by atoms with Gasteiger partial charge in [-0.2, -0.15) is 0 Å². The number of pyridine rings is 1. The summed E-state index contributed by atoms with van der Waals surface area (Å²) in [6.45, 7) is 2.33. The fourth-order valence-electron chi connectivity index (χ4n) is 3.33. The zero-order valence-electron chi connectivity index (χ0n) is 16.0. The van der Waals surface area contributed by atoms with Crippen LogP contribution in [0.5, 0.6) is 5.75 Å². The van der Waals surface area contributed by atoms with Crippen molar-refractivity contribution in [3.05, 3.63) is 65.9 Å². The van der Waals surface area contributed by atoms with Crippen LogP contribution in [0, 0.1) is 0 Å². The smallest absolute Gasteiger partial charge is 0.309 e. The minimum absolute atomic E-state index is 0.127. The fourth-order valence-corrected chi connectivity index (χ4v) is 3.33. The summed E-state index contributed by atoms with van der Waals surface area (Å²) in [6.07, 6.45) is 3.73. The van der Waals surface area contributed by atoms with Crippen molar-refractivity contribution in [2.45, 2.75) is 13.3 Å². The number of ether oxygens (including phenoxy) is 2. The Morgan fingerprint density at radius 3 is 2.86 bits per heavy atom. The minimum atomic E-state index is -0.294. The number of esters is 1. The second-order valence-corrected chi connectivity index (χ2v) is 6.51. The van der Waals surface area contributed by atoms with Crippen LogP contribution in [0.2, 0.25) is 0 Å². The highest BCUT2D eigenvalue weighted by Crippen LogP contribution is 2.35. The molecule has 0 saturated carbocycles. The van der Waals surface area contributed by atoms with E-state index in [1.807, 2.05) is 54.6 Å². The maximum Gasteiger partial charge on any atom is 0.309 e. The van der Waals surface area contributed by atoms with Gasteiger partial charge in [-0.15, -0.1) is 0 Å². The van der Waals surface area contributed by atoms with Crippen LogP contribution in [0.3, 0.4) is 0 Å². The second-order valence-electron chi connectivity index (χ2n) is 6.51. The van der Waals surface area contributed by atoms with E-state index >= 15 is 0 Å². The molecule has 2 aromatic carbocycles. The van der Waals surface area contributed by atoms with Gasteiger partial charge in [-0.05, 0) is 36.8 Å². The van der Waals surface area contributed by atoms with E-state index in [9.17, 15) is 9.59 Å². The Bertz CT molecular complexity index is 1120. The first-order valence-electron chi connectivity index (χ1n) is 9.46. The molecule has 6 nitrogen and oxygen atoms in total. The van der Waals surface area contributed by atoms with Crippen molar-refractivity contribution in [2.75, 3.05) is 18.5 Å². The average molecular weight is 388 g/mol. The number of anilines is 1. The highest BCUT2D eigenvalue weighted by atomic mass is 16.5. The third-order valence-corrected chi connectivity index (χ3v) is 4.65. The maximum absolute atomic E-state index is 12.4. The van der Waals surface area contributed by atoms with Gasteiger partial charge in [-0.1, -0.05) is 30.3 Å². The van der Waals surface area contributed by atoms with Crippen LogP contribution in [0.15, 0.2) is 54.7 Å². The van der Waals surface area contributed by atoms with Crippen LogP contribution in [0.1, 0.15) is 24.5 Å². The molecule has 3 aromatic rings. The Hall–Kier alpha value is -3.67. The molecule has 0 radical (unpaired) electrons. The molecule has 1 aliphatic rings. The fraction of sp³-hybridized carbons (Fsp3) is 0.174. The van der Waals surface area contributed by atoms with Gasteiger partial charge in [0, 0.05) is 28.4 Å². The number of amides is 1. The summed E-state index contributed by atoms with van der Waals surface area (Å²) in [7, 11) is 0. The van der Waals surface area contributed by atoms with Crippen molar-refractivity contribution in [3.8, 4) is 5.75 Å². The van der Waals surface area contributed by atoms with E-state index in [0.717, 1.165) is 22.2 Å². The van der Waals surface area contributed by atoms with Crippen LogP contribution < -0.4 is 10.1 Å². The monoisotopic (exact) mass is 388 g/mol. The summed E-state index contributed by atoms with van der Waals surface area (Å²) in [5.41, 5.74) is 3.85. The molecule has 146 valence electrons. The zero-order valence-corrected chi connectivity index (χ0v) is 16.0. The number of nitrogens with one attached hydrogen (secondary N) is 1. The lowest BCUT2D eigenvalue weighted by molar-refractivity contribution is -0.143. The first-order valence-corrected chi connectivity index (χ1v) is 9.46. The molecule has 1 amide bonds. The number of hydrogen-bond acceptors (Lipinski definition) is 5. The van der Waals surface area contributed by atoms with E-state index in [0.29, 0.717) is 23.4 Å². The zero-order chi connectivity index (χ0) is 20.2. The molecule has 1 N–H and O–H groups in total. The lowest BCUT2D eigenvalue weighted by Gasteiger charge is -2.10. The van der Waals surface area contributed by atoms with Crippen molar-refractivity contribution < 1.29 is 19.1 Å². The van der Waals surface area contributed by atoms with Gasteiger partial charge < -0.3 is 14.8 Å². The lowest BCUT2D eigenvalue weighted by atomic mass is 10.0. The van der Waals surface area contributed by atoms with Crippen molar-refractivity contribution in [1.29, 1.82) is 0 Å². The average Bonchev–Trinajstić information content (AvgIpc) is 3.05. The van der Waals surface area contributed by atoms with Gasteiger partial charge in [0.15, 0.2) is 0 Å². The molecular formula is C23H20N2O4. The van der Waals surface area contributed by atoms with Crippen molar-refractivity contribution in [3.63, 3.8) is 0 Å². The van der Waals surface area contributed by atoms with Gasteiger partial charge >= 0.3 is 5.97 Å². The van der Waals surface area contributed by atoms with Crippen LogP contribution >= 0.6 is 0 Å². The van der Waals surface area contributed by atoms with Gasteiger partial charge in [0.25, 0.3) is 5.91 Å². The summed E-state index contributed by atoms with van der Waals surface area (Å²) in [5.74, 6) is 0.165. The van der Waals surface area contributed by atoms with E-state index in [-0.39, 0.29) is 24.9 Å². The molecule has 0 bridgehead atoms. The van der Waals surface area contributed by atoms with E-state index in [2.05, 4.69) is 10.3 Å². The largest absolute Gasteiger partial charge is 0.491 e. The third-order valence-electron chi connectivity index (χ3n) is 4.65. The molecule has 29 heavy (non-hydrogen) atoms. The topological polar surface area (TPSA) is 77.5 Å². The number of fused-ring (bicyclic) bond motifs is 2. The van der Waals surface area contributed by atoms with E-state index in [1.54, 1.807) is 13.1 Å². The Morgan fingerprint density at radius 1 is 1.14 bits per heavy atom. The molecule has 0 saturated heterocycles. The Kier molecular flexibility index (Phi) is 5.24. The number of nitrogens with zero attached hydrogens (tertiary/aromatic N) is 1. The van der Waals surface area contributed by atoms with Crippen LogP contribution in [0.4, 0.5) is 5.69 Å². The van der Waals surface area contributed by atoms with Gasteiger partial charge in [0.2, 0.25) is 0 Å². The number of aromatic nitrogens is 1. The third kappa shape index (κ3) is 3.82. The van der Waals surface area contributed by atoms with Crippen molar-refractivity contribution >= 4 is 40.1 Å². The molecule has 4 rings (SSSR count). The summed E-state index contributed by atoms with van der Waals surface area (Å²) in [4.78, 5) is 28.4. The lowest BCUT2D eigenvalue weighted by Crippen LogP contribution is -2.09. The number of carbonyl (C=O) groups excluding carboxylic acids is 2. The van der Waals surface area contributed by atoms with Gasteiger partial charge in [0.1, 0.15) is 11.3 Å². The van der Waals surface area contributed by atoms with E-state index in [1.165, 1.54) is 0 Å². The van der Waals surface area contributed by atoms with Gasteiger partial charge in [-0.25, -0.2) is 0 Å². The molecule has 1 aromatic heterocycles. The van der Waals surface area contributed by atoms with E-state index in [4.69, 9.17) is 9.47 Å². The van der Waals surface area contributed by atoms with Crippen LogP contribution in [0.25, 0.3) is 22.6 Å². The highest BCUT2D eigenvalue weighted by molar-refractivity contribution is 6.35. The summed E-state index contributed by atoms with van der Waals surface area (Å²) < 4.78 is 10.7. The second kappa shape index (κ2) is 8.14. The SMILES string of the molecule is CCOC(=O)CCOc1ccc(C=C2C(=O)Nc3ccccc32)c2cccnc12. The first-order chi connectivity index (χ1) is 14.2. The molecule has 2 heterocycles. The van der Waals surface area contributed by atoms with Gasteiger partial charge in [-0.3, -0.25) is 14.6 Å². The molecule has 1 aliphatic heterocycles. The molecule has 0 unspecified atom stereocenters. The molecule has 0 fully saturated rings. The summed E-state index contributed by atoms with van der Waals surface area (Å²) in [5, 5.41) is 3.75. The predicted octanol–water partition coefficient (Wildman–Crippen LogP) is 4.06. The van der Waals surface area contributed by atoms with Crippen molar-refractivity contribution in [2.24, 2.45) is 0 Å². The van der Waals surface area contributed by atoms with Crippen LogP contribution in [-0.2, 0) is 14.3 Å². The molecule has 0 spiro atoms. The molecule has 0 aliphatic carbocycles. The molecule has 6 heteroatoms. The highest BCUT2D eigenvalue weighted by Gasteiger charge is 2.23. The number of benzene rings is 2. The van der Waals surface area contributed by atoms with Gasteiger partial charge in [0.05, 0.1) is 19.6 Å². The first kappa shape index (κ1) is 18.7. The van der Waals surface area contributed by atoms with Crippen molar-refractivity contribution in [1.82, 2.24) is 4.98 Å². The number of carbonyl (C=O) groups is 2. The maximum atomic E-state index is 12.4. The predicted molar refractivity (Wildman–Crippen MR) is 111 cm³/mol. The Morgan fingerprint density at radius 2 is 2.00 bits per heavy atom. The number of hydrogen-bond donors (Lipinski definition) is 1. The Balaban J connectivity index is 1.66. The summed E-state index contributed by atoms with van der Waals surface area (Å²) >= 11 is 0.